The summed E-state index contributed by atoms with van der Waals surface area (Å²) < 4.78 is 5.44. The van der Waals surface area contributed by atoms with E-state index in [0.717, 1.165) is 11.1 Å². The molecule has 1 heterocycles. The van der Waals surface area contributed by atoms with Crippen LogP contribution in [0.15, 0.2) is 47.7 Å². The van der Waals surface area contributed by atoms with Gasteiger partial charge in [-0.3, -0.25) is 4.79 Å². The van der Waals surface area contributed by atoms with E-state index in [4.69, 9.17) is 4.74 Å². The Labute approximate surface area is 169 Å². The first-order valence-electron chi connectivity index (χ1n) is 9.42. The summed E-state index contributed by atoms with van der Waals surface area (Å²) in [6.07, 6.45) is 0. The molecule has 29 heavy (non-hydrogen) atoms. The molecular formula is C22H25N3O4. The fraction of sp³-hybridized carbons (Fsp3) is 0.273. The van der Waals surface area contributed by atoms with Gasteiger partial charge in [0.25, 0.3) is 5.91 Å². The van der Waals surface area contributed by atoms with Gasteiger partial charge in [0.2, 0.25) is 0 Å². The lowest BCUT2D eigenvalue weighted by Gasteiger charge is -2.29. The van der Waals surface area contributed by atoms with Gasteiger partial charge in [0.15, 0.2) is 11.5 Å². The molecular weight excluding hydrogens is 370 g/mol. The van der Waals surface area contributed by atoms with Crippen molar-refractivity contribution < 1.29 is 19.4 Å². The van der Waals surface area contributed by atoms with Gasteiger partial charge in [-0.1, -0.05) is 12.1 Å². The van der Waals surface area contributed by atoms with Crippen molar-refractivity contribution in [2.45, 2.75) is 33.7 Å². The molecule has 0 bridgehead atoms. The molecule has 0 spiro atoms. The summed E-state index contributed by atoms with van der Waals surface area (Å²) in [7, 11) is 0. The first kappa shape index (κ1) is 20.3. The molecule has 0 aliphatic carbocycles. The van der Waals surface area contributed by atoms with Crippen molar-refractivity contribution in [3.8, 4) is 11.5 Å². The number of hydrogen-bond acceptors (Lipinski definition) is 4. The van der Waals surface area contributed by atoms with E-state index in [0.29, 0.717) is 34.9 Å². The third-order valence-corrected chi connectivity index (χ3v) is 4.61. The van der Waals surface area contributed by atoms with Gasteiger partial charge >= 0.3 is 6.03 Å². The molecule has 2 aromatic rings. The van der Waals surface area contributed by atoms with E-state index < -0.39 is 12.1 Å². The average Bonchev–Trinajstić information content (AvgIpc) is 2.62. The number of urea groups is 1. The second kappa shape index (κ2) is 8.26. The van der Waals surface area contributed by atoms with Crippen LogP contribution < -0.4 is 20.7 Å². The van der Waals surface area contributed by atoms with E-state index in [9.17, 15) is 14.7 Å². The minimum absolute atomic E-state index is 0.00204. The Bertz CT molecular complexity index is 977. The van der Waals surface area contributed by atoms with Crippen LogP contribution in [0.25, 0.3) is 0 Å². The van der Waals surface area contributed by atoms with E-state index >= 15 is 0 Å². The van der Waals surface area contributed by atoms with Gasteiger partial charge in [0, 0.05) is 11.4 Å². The maximum absolute atomic E-state index is 13.1. The van der Waals surface area contributed by atoms with Crippen molar-refractivity contribution >= 4 is 17.6 Å². The van der Waals surface area contributed by atoms with Crippen molar-refractivity contribution in [1.82, 2.24) is 10.6 Å². The van der Waals surface area contributed by atoms with Gasteiger partial charge in [-0.25, -0.2) is 4.79 Å². The monoisotopic (exact) mass is 395 g/mol. The topological polar surface area (TPSA) is 99.7 Å². The lowest BCUT2D eigenvalue weighted by Crippen LogP contribution is -2.46. The number of carbonyl (C=O) groups is 2. The van der Waals surface area contributed by atoms with Crippen LogP contribution in [0.5, 0.6) is 11.5 Å². The lowest BCUT2D eigenvalue weighted by molar-refractivity contribution is -0.113. The number of aryl methyl sites for hydroxylation is 2. The molecule has 4 N–H and O–H groups in total. The summed E-state index contributed by atoms with van der Waals surface area (Å²) in [5, 5.41) is 18.3. The van der Waals surface area contributed by atoms with Gasteiger partial charge < -0.3 is 25.8 Å². The molecule has 0 fully saturated rings. The normalized spacial score (nSPS) is 16.1. The number of phenolic OH excluding ortho intramolecular Hbond substituents is 1. The summed E-state index contributed by atoms with van der Waals surface area (Å²) in [6, 6.07) is 9.49. The van der Waals surface area contributed by atoms with Crippen LogP contribution in [0.3, 0.4) is 0 Å². The zero-order valence-electron chi connectivity index (χ0n) is 16.9. The molecule has 0 saturated carbocycles. The molecule has 0 unspecified atom stereocenters. The largest absolute Gasteiger partial charge is 0.504 e. The number of aromatic hydroxyl groups is 1. The summed E-state index contributed by atoms with van der Waals surface area (Å²) in [5.41, 5.74) is 4.24. The second-order valence-electron chi connectivity index (χ2n) is 7.06. The molecule has 1 atom stereocenters. The highest BCUT2D eigenvalue weighted by atomic mass is 16.5. The quantitative estimate of drug-likeness (QED) is 0.621. The fourth-order valence-electron chi connectivity index (χ4n) is 3.47. The third kappa shape index (κ3) is 4.51. The van der Waals surface area contributed by atoms with Crippen molar-refractivity contribution in [2.24, 2.45) is 0 Å². The number of carbonyl (C=O) groups excluding carboxylic acids is 2. The Morgan fingerprint density at radius 1 is 1.14 bits per heavy atom. The Kier molecular flexibility index (Phi) is 5.77. The highest BCUT2D eigenvalue weighted by Gasteiger charge is 2.31. The van der Waals surface area contributed by atoms with E-state index in [-0.39, 0.29) is 11.7 Å². The highest BCUT2D eigenvalue weighted by molar-refractivity contribution is 6.06. The number of anilines is 1. The average molecular weight is 395 g/mol. The first-order valence-corrected chi connectivity index (χ1v) is 9.42. The zero-order valence-corrected chi connectivity index (χ0v) is 16.9. The summed E-state index contributed by atoms with van der Waals surface area (Å²) >= 11 is 0. The third-order valence-electron chi connectivity index (χ3n) is 4.61. The molecule has 0 radical (unpaired) electrons. The second-order valence-corrected chi connectivity index (χ2v) is 7.06. The van der Waals surface area contributed by atoms with Crippen LogP contribution in [-0.4, -0.2) is 23.7 Å². The minimum atomic E-state index is -0.686. The number of benzene rings is 2. The molecule has 1 aliphatic rings. The number of ether oxygens (including phenoxy) is 1. The predicted octanol–water partition coefficient (Wildman–Crippen LogP) is 3.67. The summed E-state index contributed by atoms with van der Waals surface area (Å²) in [4.78, 5) is 25.2. The van der Waals surface area contributed by atoms with Gasteiger partial charge in [-0.05, 0) is 68.7 Å². The Morgan fingerprint density at radius 3 is 2.48 bits per heavy atom. The van der Waals surface area contributed by atoms with Gasteiger partial charge in [-0.15, -0.1) is 0 Å². The number of hydrogen-bond donors (Lipinski definition) is 4. The molecule has 3 rings (SSSR count). The van der Waals surface area contributed by atoms with Gasteiger partial charge in [0.05, 0.1) is 18.2 Å². The Balaban J connectivity index is 1.97. The van der Waals surface area contributed by atoms with Crippen LogP contribution in [0.4, 0.5) is 10.5 Å². The maximum Gasteiger partial charge on any atom is 0.319 e. The number of allylic oxidation sites excluding steroid dienone is 1. The molecule has 0 saturated heterocycles. The predicted molar refractivity (Wildman–Crippen MR) is 111 cm³/mol. The molecule has 7 nitrogen and oxygen atoms in total. The van der Waals surface area contributed by atoms with Crippen LogP contribution in [-0.2, 0) is 4.79 Å². The van der Waals surface area contributed by atoms with E-state index in [1.165, 1.54) is 6.07 Å². The number of nitrogens with one attached hydrogen (secondary N) is 3. The van der Waals surface area contributed by atoms with Crippen molar-refractivity contribution in [2.75, 3.05) is 11.9 Å². The fourth-order valence-corrected chi connectivity index (χ4v) is 3.47. The first-order chi connectivity index (χ1) is 13.8. The molecule has 2 aromatic carbocycles. The molecule has 0 aromatic heterocycles. The van der Waals surface area contributed by atoms with Gasteiger partial charge in [-0.2, -0.15) is 0 Å². The van der Waals surface area contributed by atoms with Crippen LogP contribution >= 0.6 is 0 Å². The van der Waals surface area contributed by atoms with Crippen LogP contribution in [0, 0.1) is 13.8 Å². The van der Waals surface area contributed by atoms with Crippen molar-refractivity contribution in [3.05, 3.63) is 64.4 Å². The smallest absolute Gasteiger partial charge is 0.319 e. The lowest BCUT2D eigenvalue weighted by atomic mass is 9.94. The number of amides is 3. The molecule has 7 heteroatoms. The number of rotatable bonds is 5. The highest BCUT2D eigenvalue weighted by Crippen LogP contribution is 2.34. The molecule has 3 amide bonds. The maximum atomic E-state index is 13.1. The summed E-state index contributed by atoms with van der Waals surface area (Å²) in [5.74, 6) is -0.0293. The van der Waals surface area contributed by atoms with E-state index in [1.54, 1.807) is 19.1 Å². The van der Waals surface area contributed by atoms with E-state index in [2.05, 4.69) is 16.0 Å². The van der Waals surface area contributed by atoms with Crippen LogP contribution in [0.1, 0.15) is 36.6 Å². The standard InChI is InChI=1S/C22H25N3O4/c1-5-29-18-11-15(6-7-17(18)26)20-19(14(4)23-22(28)25-20)21(27)24-16-9-12(2)8-13(3)10-16/h6-11,20,26H,5H2,1-4H3,(H,24,27)(H2,23,25,28)/t20-/m0/s1. The van der Waals surface area contributed by atoms with Gasteiger partial charge in [0.1, 0.15) is 0 Å². The van der Waals surface area contributed by atoms with Crippen molar-refractivity contribution in [3.63, 3.8) is 0 Å². The zero-order chi connectivity index (χ0) is 21.1. The van der Waals surface area contributed by atoms with Crippen molar-refractivity contribution in [1.29, 1.82) is 0 Å². The molecule has 152 valence electrons. The Morgan fingerprint density at radius 2 is 1.83 bits per heavy atom. The Hall–Kier alpha value is -3.48. The minimum Gasteiger partial charge on any atom is -0.504 e. The number of phenols is 1. The summed E-state index contributed by atoms with van der Waals surface area (Å²) in [6.45, 7) is 7.80. The SMILES string of the molecule is CCOc1cc([C@@H]2NC(=O)NC(C)=C2C(=O)Nc2cc(C)cc(C)c2)ccc1O. The van der Waals surface area contributed by atoms with Crippen LogP contribution in [0.2, 0.25) is 0 Å². The molecule has 1 aliphatic heterocycles. The van der Waals surface area contributed by atoms with E-state index in [1.807, 2.05) is 39.0 Å².